The number of nitrogens with one attached hydrogen (secondary N) is 1. The van der Waals surface area contributed by atoms with Gasteiger partial charge in [-0.2, -0.15) is 0 Å². The van der Waals surface area contributed by atoms with Crippen LogP contribution in [0, 0.1) is 11.8 Å². The van der Waals surface area contributed by atoms with Crippen molar-refractivity contribution in [3.8, 4) is 0 Å². The molecule has 1 nitrogen and oxygen atoms in total. The lowest BCUT2D eigenvalue weighted by molar-refractivity contribution is 0.342. The van der Waals surface area contributed by atoms with Gasteiger partial charge in [-0.1, -0.05) is 39.3 Å². The molecule has 0 aliphatic heterocycles. The molecular weight excluding hydrogens is 158 g/mol. The predicted octanol–water partition coefficient (Wildman–Crippen LogP) is 3.22. The maximum atomic E-state index is 3.52. The van der Waals surface area contributed by atoms with Crippen LogP contribution in [-0.4, -0.2) is 12.6 Å². The smallest absolute Gasteiger partial charge is 0.0280 e. The number of hydrogen-bond donors (Lipinski definition) is 1. The molecule has 0 heterocycles. The van der Waals surface area contributed by atoms with E-state index in [1.54, 1.807) is 0 Å². The van der Waals surface area contributed by atoms with E-state index in [9.17, 15) is 0 Å². The fraction of sp³-hybridized carbons (Fsp3) is 0.833. The third-order valence-electron chi connectivity index (χ3n) is 2.57. The number of hydrogen-bond acceptors (Lipinski definition) is 1. The Morgan fingerprint density at radius 2 is 1.77 bits per heavy atom. The lowest BCUT2D eigenvalue weighted by Crippen LogP contribution is -2.35. The summed E-state index contributed by atoms with van der Waals surface area (Å²) in [6.07, 6.45) is 2.34. The fourth-order valence-electron chi connectivity index (χ4n) is 1.41. The van der Waals surface area contributed by atoms with Gasteiger partial charge in [0.15, 0.2) is 0 Å². The Morgan fingerprint density at radius 1 is 1.23 bits per heavy atom. The zero-order valence-electron chi connectivity index (χ0n) is 10.0. The first-order valence-corrected chi connectivity index (χ1v) is 5.37. The lowest BCUT2D eigenvalue weighted by Gasteiger charge is -2.25. The Bertz CT molecular complexity index is 155. The zero-order chi connectivity index (χ0) is 10.4. The minimum atomic E-state index is 0.537. The van der Waals surface area contributed by atoms with Crippen LogP contribution in [0.25, 0.3) is 0 Å². The highest BCUT2D eigenvalue weighted by Crippen LogP contribution is 2.16. The average Bonchev–Trinajstić information content (AvgIpc) is 2.01. The molecule has 1 N–H and O–H groups in total. The molecule has 2 unspecified atom stereocenters. The van der Waals surface area contributed by atoms with Crippen molar-refractivity contribution in [2.75, 3.05) is 6.54 Å². The topological polar surface area (TPSA) is 12.0 Å². The summed E-state index contributed by atoms with van der Waals surface area (Å²) in [6.45, 7) is 14.4. The molecule has 0 aliphatic carbocycles. The van der Waals surface area contributed by atoms with Gasteiger partial charge in [0.2, 0.25) is 0 Å². The van der Waals surface area contributed by atoms with E-state index in [1.165, 1.54) is 5.57 Å². The van der Waals surface area contributed by atoms with E-state index in [4.69, 9.17) is 0 Å². The van der Waals surface area contributed by atoms with Gasteiger partial charge in [0.25, 0.3) is 0 Å². The molecule has 0 saturated carbocycles. The Labute approximate surface area is 83.6 Å². The fourth-order valence-corrected chi connectivity index (χ4v) is 1.41. The van der Waals surface area contributed by atoms with Gasteiger partial charge in [-0.3, -0.25) is 0 Å². The molecule has 13 heavy (non-hydrogen) atoms. The Kier molecular flexibility index (Phi) is 6.06. The molecule has 0 rings (SSSR count). The summed E-state index contributed by atoms with van der Waals surface area (Å²) in [5.41, 5.74) is 1.40. The molecule has 0 aromatic rings. The second-order valence-electron chi connectivity index (χ2n) is 4.43. The van der Waals surface area contributed by atoms with E-state index in [2.05, 4.69) is 52.9 Å². The third-order valence-corrected chi connectivity index (χ3v) is 2.57. The van der Waals surface area contributed by atoms with Crippen molar-refractivity contribution < 1.29 is 0 Å². The van der Waals surface area contributed by atoms with Crippen LogP contribution in [0.5, 0.6) is 0 Å². The van der Waals surface area contributed by atoms with Crippen molar-refractivity contribution in [3.63, 3.8) is 0 Å². The summed E-state index contributed by atoms with van der Waals surface area (Å²) in [7, 11) is 0. The second-order valence-corrected chi connectivity index (χ2v) is 4.43. The second kappa shape index (κ2) is 6.20. The average molecular weight is 183 g/mol. The maximum absolute atomic E-state index is 3.52. The van der Waals surface area contributed by atoms with Gasteiger partial charge in [-0.25, -0.2) is 0 Å². The molecule has 78 valence electrons. The maximum Gasteiger partial charge on any atom is 0.0280 e. The minimum Gasteiger partial charge on any atom is -0.311 e. The minimum absolute atomic E-state index is 0.537. The molecular formula is C12H25N. The quantitative estimate of drug-likeness (QED) is 0.645. The highest BCUT2D eigenvalue weighted by atomic mass is 14.9. The van der Waals surface area contributed by atoms with Crippen molar-refractivity contribution in [2.45, 2.75) is 47.6 Å². The van der Waals surface area contributed by atoms with E-state index < -0.39 is 0 Å². The van der Waals surface area contributed by atoms with Gasteiger partial charge in [0.1, 0.15) is 0 Å². The molecule has 0 fully saturated rings. The van der Waals surface area contributed by atoms with Crippen LogP contribution in [0.2, 0.25) is 0 Å². The molecule has 0 amide bonds. The van der Waals surface area contributed by atoms with E-state index in [-0.39, 0.29) is 0 Å². The highest BCUT2D eigenvalue weighted by Gasteiger charge is 2.16. The number of likely N-dealkylation sites (N-methyl/N-ethyl adjacent to an activating group) is 1. The molecule has 1 heteroatoms. The van der Waals surface area contributed by atoms with E-state index in [0.717, 1.165) is 12.5 Å². The molecule has 0 bridgehead atoms. The van der Waals surface area contributed by atoms with Crippen molar-refractivity contribution in [3.05, 3.63) is 11.6 Å². The molecule has 0 saturated heterocycles. The summed E-state index contributed by atoms with van der Waals surface area (Å²) < 4.78 is 0. The first kappa shape index (κ1) is 12.7. The van der Waals surface area contributed by atoms with Crippen LogP contribution in [0.4, 0.5) is 0 Å². The molecule has 0 spiro atoms. The Morgan fingerprint density at radius 3 is 2.08 bits per heavy atom. The predicted molar refractivity (Wildman–Crippen MR) is 60.9 cm³/mol. The number of rotatable bonds is 5. The summed E-state index contributed by atoms with van der Waals surface area (Å²) >= 11 is 0. The highest BCUT2D eigenvalue weighted by molar-refractivity contribution is 5.02. The Balaban J connectivity index is 4.32. The molecule has 0 aliphatic rings. The zero-order valence-corrected chi connectivity index (χ0v) is 10.0. The van der Waals surface area contributed by atoms with Gasteiger partial charge < -0.3 is 5.32 Å². The van der Waals surface area contributed by atoms with E-state index >= 15 is 0 Å². The van der Waals surface area contributed by atoms with Crippen LogP contribution >= 0.6 is 0 Å². The van der Waals surface area contributed by atoms with Gasteiger partial charge in [0.05, 0.1) is 0 Å². The van der Waals surface area contributed by atoms with Crippen LogP contribution in [-0.2, 0) is 0 Å². The monoisotopic (exact) mass is 183 g/mol. The van der Waals surface area contributed by atoms with Crippen molar-refractivity contribution in [1.82, 2.24) is 5.32 Å². The van der Waals surface area contributed by atoms with Gasteiger partial charge in [-0.05, 0) is 32.2 Å². The van der Waals surface area contributed by atoms with Crippen molar-refractivity contribution in [1.29, 1.82) is 0 Å². The van der Waals surface area contributed by atoms with Gasteiger partial charge in [-0.15, -0.1) is 0 Å². The summed E-state index contributed by atoms with van der Waals surface area (Å²) in [5.74, 6) is 1.44. The normalized spacial score (nSPS) is 15.6. The molecule has 2 atom stereocenters. The summed E-state index contributed by atoms with van der Waals surface area (Å²) in [4.78, 5) is 0. The first-order valence-electron chi connectivity index (χ1n) is 5.37. The summed E-state index contributed by atoms with van der Waals surface area (Å²) in [6, 6.07) is 0.537. The van der Waals surface area contributed by atoms with Crippen LogP contribution in [0.3, 0.4) is 0 Å². The van der Waals surface area contributed by atoms with E-state index in [0.29, 0.717) is 12.0 Å². The van der Waals surface area contributed by atoms with Crippen molar-refractivity contribution >= 4 is 0 Å². The largest absolute Gasteiger partial charge is 0.311 e. The van der Waals surface area contributed by atoms with Crippen molar-refractivity contribution in [2.24, 2.45) is 11.8 Å². The van der Waals surface area contributed by atoms with E-state index in [1.807, 2.05) is 0 Å². The lowest BCUT2D eigenvalue weighted by atomic mass is 9.89. The SMILES string of the molecule is CCNC(C=C(C)C)C(C)C(C)C. The van der Waals surface area contributed by atoms with Crippen LogP contribution in [0.15, 0.2) is 11.6 Å². The Hall–Kier alpha value is -0.300. The first-order chi connectivity index (χ1) is 5.99. The standard InChI is InChI=1S/C12H25N/c1-7-13-12(8-9(2)3)11(6)10(4)5/h8,10-13H,7H2,1-6H3. The molecule has 0 radical (unpaired) electrons. The van der Waals surface area contributed by atoms with Gasteiger partial charge >= 0.3 is 0 Å². The van der Waals surface area contributed by atoms with Crippen LogP contribution < -0.4 is 5.32 Å². The van der Waals surface area contributed by atoms with Crippen LogP contribution in [0.1, 0.15) is 41.5 Å². The molecule has 0 aromatic carbocycles. The molecule has 0 aromatic heterocycles. The third kappa shape index (κ3) is 5.09. The number of allylic oxidation sites excluding steroid dienone is 1. The van der Waals surface area contributed by atoms with Gasteiger partial charge in [0, 0.05) is 6.04 Å². The summed E-state index contributed by atoms with van der Waals surface area (Å²) in [5, 5.41) is 3.52.